The van der Waals surface area contributed by atoms with Gasteiger partial charge in [-0.1, -0.05) is 0 Å². The summed E-state index contributed by atoms with van der Waals surface area (Å²) in [4.78, 5) is 39.6. The molecule has 3 amide bonds. The third-order valence-electron chi connectivity index (χ3n) is 4.34. The molecule has 3 rings (SSSR count). The molecule has 1 aliphatic rings. The number of aromatic amines is 1. The Kier molecular flexibility index (Phi) is 3.97. The van der Waals surface area contributed by atoms with Crippen molar-refractivity contribution in [1.29, 1.82) is 0 Å². The van der Waals surface area contributed by atoms with E-state index in [9.17, 15) is 14.4 Å². The molecule has 1 atom stereocenters. The van der Waals surface area contributed by atoms with Crippen molar-refractivity contribution in [2.45, 2.75) is 46.1 Å². The average molecular weight is 333 g/mol. The fraction of sp³-hybridized carbons (Fsp3) is 0.438. The second kappa shape index (κ2) is 5.81. The van der Waals surface area contributed by atoms with Crippen LogP contribution in [0.3, 0.4) is 0 Å². The first-order valence-corrected chi connectivity index (χ1v) is 8.38. The Labute approximate surface area is 137 Å². The van der Waals surface area contributed by atoms with Crippen molar-refractivity contribution < 1.29 is 14.4 Å². The molecule has 23 heavy (non-hydrogen) atoms. The Bertz CT molecular complexity index is 818. The van der Waals surface area contributed by atoms with Crippen LogP contribution in [0.4, 0.5) is 0 Å². The highest BCUT2D eigenvalue weighted by Gasteiger charge is 2.28. The summed E-state index contributed by atoms with van der Waals surface area (Å²) >= 11 is 1.68. The number of carbonyl (C=O) groups is 3. The van der Waals surface area contributed by atoms with Crippen LogP contribution in [0.1, 0.15) is 34.5 Å². The lowest BCUT2D eigenvalue weighted by Gasteiger charge is -2.21. The summed E-state index contributed by atoms with van der Waals surface area (Å²) in [6.45, 7) is 6.09. The Morgan fingerprint density at radius 3 is 2.74 bits per heavy atom. The second-order valence-electron chi connectivity index (χ2n) is 5.96. The largest absolute Gasteiger partial charge is 0.357 e. The molecule has 0 saturated carbocycles. The SMILES string of the molecule is Cc1[nH]c2c(CC(=O)NC3CCC(=O)NC3=O)c(C)sc2c1C. The van der Waals surface area contributed by atoms with E-state index in [4.69, 9.17) is 0 Å². The molecule has 7 heteroatoms. The van der Waals surface area contributed by atoms with Crippen molar-refractivity contribution in [1.82, 2.24) is 15.6 Å². The van der Waals surface area contributed by atoms with Crippen molar-refractivity contribution in [3.8, 4) is 0 Å². The highest BCUT2D eigenvalue weighted by atomic mass is 32.1. The second-order valence-corrected chi connectivity index (χ2v) is 7.19. The minimum absolute atomic E-state index is 0.202. The van der Waals surface area contributed by atoms with E-state index >= 15 is 0 Å². The lowest BCUT2D eigenvalue weighted by atomic mass is 10.1. The van der Waals surface area contributed by atoms with Crippen LogP contribution >= 0.6 is 11.3 Å². The van der Waals surface area contributed by atoms with Crippen molar-refractivity contribution in [2.24, 2.45) is 0 Å². The molecule has 0 bridgehead atoms. The van der Waals surface area contributed by atoms with Crippen LogP contribution in [0.2, 0.25) is 0 Å². The standard InChI is InChI=1S/C16H19N3O3S/c1-7-8(2)17-14-10(9(3)23-15(7)14)6-13(21)18-11-4-5-12(20)19-16(11)22/h11,17H,4-6H2,1-3H3,(H,18,21)(H,19,20,22). The molecule has 0 radical (unpaired) electrons. The number of H-pyrrole nitrogens is 1. The molecule has 1 aliphatic heterocycles. The van der Waals surface area contributed by atoms with Crippen molar-refractivity contribution in [3.05, 3.63) is 21.7 Å². The number of rotatable bonds is 3. The molecule has 1 unspecified atom stereocenters. The first-order chi connectivity index (χ1) is 10.9. The van der Waals surface area contributed by atoms with E-state index < -0.39 is 11.9 Å². The van der Waals surface area contributed by atoms with E-state index in [1.807, 2.05) is 13.8 Å². The number of nitrogens with one attached hydrogen (secondary N) is 3. The van der Waals surface area contributed by atoms with Gasteiger partial charge in [0.05, 0.1) is 16.6 Å². The molecular weight excluding hydrogens is 314 g/mol. The third-order valence-corrected chi connectivity index (χ3v) is 5.60. The highest BCUT2D eigenvalue weighted by Crippen LogP contribution is 2.34. The number of imide groups is 1. The maximum absolute atomic E-state index is 12.3. The number of aryl methyl sites for hydroxylation is 3. The number of amides is 3. The fourth-order valence-electron chi connectivity index (χ4n) is 2.88. The van der Waals surface area contributed by atoms with Crippen LogP contribution < -0.4 is 10.6 Å². The third kappa shape index (κ3) is 2.88. The lowest BCUT2D eigenvalue weighted by molar-refractivity contribution is -0.137. The molecule has 2 aromatic rings. The highest BCUT2D eigenvalue weighted by molar-refractivity contribution is 7.19. The zero-order valence-corrected chi connectivity index (χ0v) is 14.1. The van der Waals surface area contributed by atoms with Crippen molar-refractivity contribution in [2.75, 3.05) is 0 Å². The molecule has 3 heterocycles. The van der Waals surface area contributed by atoms with Gasteiger partial charge in [0, 0.05) is 17.0 Å². The minimum Gasteiger partial charge on any atom is -0.357 e. The van der Waals surface area contributed by atoms with E-state index in [1.54, 1.807) is 11.3 Å². The summed E-state index contributed by atoms with van der Waals surface area (Å²) in [5.41, 5.74) is 4.31. The van der Waals surface area contributed by atoms with Gasteiger partial charge >= 0.3 is 0 Å². The van der Waals surface area contributed by atoms with Gasteiger partial charge in [-0.2, -0.15) is 0 Å². The summed E-state index contributed by atoms with van der Waals surface area (Å²) in [5, 5.41) is 4.98. The van der Waals surface area contributed by atoms with Crippen molar-refractivity contribution in [3.63, 3.8) is 0 Å². The Morgan fingerprint density at radius 1 is 1.30 bits per heavy atom. The number of carbonyl (C=O) groups excluding carboxylic acids is 3. The normalized spacial score (nSPS) is 18.3. The average Bonchev–Trinajstić information content (AvgIpc) is 2.92. The molecular formula is C16H19N3O3S. The van der Waals surface area contributed by atoms with Crippen LogP contribution in [0.25, 0.3) is 10.2 Å². The fourth-order valence-corrected chi connectivity index (χ4v) is 4.06. The zero-order chi connectivity index (χ0) is 16.7. The van der Waals surface area contributed by atoms with Gasteiger partial charge in [-0.25, -0.2) is 0 Å². The van der Waals surface area contributed by atoms with E-state index in [2.05, 4.69) is 22.5 Å². The molecule has 2 aromatic heterocycles. The van der Waals surface area contributed by atoms with Gasteiger partial charge in [-0.15, -0.1) is 11.3 Å². The summed E-state index contributed by atoms with van der Waals surface area (Å²) < 4.78 is 1.18. The topological polar surface area (TPSA) is 91.1 Å². The number of hydrogen-bond acceptors (Lipinski definition) is 4. The van der Waals surface area contributed by atoms with E-state index in [1.165, 1.54) is 10.3 Å². The summed E-state index contributed by atoms with van der Waals surface area (Å²) in [6, 6.07) is -0.623. The Morgan fingerprint density at radius 2 is 2.04 bits per heavy atom. The lowest BCUT2D eigenvalue weighted by Crippen LogP contribution is -2.52. The summed E-state index contributed by atoms with van der Waals surface area (Å²) in [5.74, 6) is -0.909. The maximum Gasteiger partial charge on any atom is 0.249 e. The van der Waals surface area contributed by atoms with Crippen LogP contribution in [0.15, 0.2) is 0 Å². The smallest absolute Gasteiger partial charge is 0.249 e. The van der Waals surface area contributed by atoms with Gasteiger partial charge in [-0.05, 0) is 38.3 Å². The van der Waals surface area contributed by atoms with Gasteiger partial charge in [0.2, 0.25) is 17.7 Å². The molecule has 0 spiro atoms. The van der Waals surface area contributed by atoms with Crippen molar-refractivity contribution >= 4 is 39.3 Å². The number of fused-ring (bicyclic) bond motifs is 1. The number of hydrogen-bond donors (Lipinski definition) is 3. The quantitative estimate of drug-likeness (QED) is 0.746. The van der Waals surface area contributed by atoms with Gasteiger partial charge in [0.1, 0.15) is 6.04 Å². The predicted octanol–water partition coefficient (Wildman–Crippen LogP) is 1.62. The number of piperidine rings is 1. The molecule has 1 fully saturated rings. The van der Waals surface area contributed by atoms with E-state index in [0.29, 0.717) is 6.42 Å². The molecule has 0 aromatic carbocycles. The first-order valence-electron chi connectivity index (χ1n) is 7.57. The minimum atomic E-state index is -0.623. The van der Waals surface area contributed by atoms with Gasteiger partial charge in [0.15, 0.2) is 0 Å². The van der Waals surface area contributed by atoms with Crippen LogP contribution in [0.5, 0.6) is 0 Å². The van der Waals surface area contributed by atoms with Crippen LogP contribution in [0, 0.1) is 20.8 Å². The zero-order valence-electron chi connectivity index (χ0n) is 13.3. The summed E-state index contributed by atoms with van der Waals surface area (Å²) in [6.07, 6.45) is 0.839. The Balaban J connectivity index is 1.75. The van der Waals surface area contributed by atoms with Crippen LogP contribution in [-0.4, -0.2) is 28.7 Å². The Hall–Kier alpha value is -2.15. The summed E-state index contributed by atoms with van der Waals surface area (Å²) in [7, 11) is 0. The predicted molar refractivity (Wildman–Crippen MR) is 88.4 cm³/mol. The van der Waals surface area contributed by atoms with Gasteiger partial charge < -0.3 is 10.3 Å². The molecule has 0 aliphatic carbocycles. The molecule has 1 saturated heterocycles. The van der Waals surface area contributed by atoms with Gasteiger partial charge in [-0.3, -0.25) is 19.7 Å². The first kappa shape index (κ1) is 15.7. The van der Waals surface area contributed by atoms with Gasteiger partial charge in [0.25, 0.3) is 0 Å². The monoisotopic (exact) mass is 333 g/mol. The molecule has 122 valence electrons. The van der Waals surface area contributed by atoms with E-state index in [0.717, 1.165) is 21.7 Å². The molecule has 3 N–H and O–H groups in total. The van der Waals surface area contributed by atoms with Crippen LogP contribution in [-0.2, 0) is 20.8 Å². The number of aromatic nitrogens is 1. The van der Waals surface area contributed by atoms with E-state index in [-0.39, 0.29) is 24.7 Å². The molecule has 6 nitrogen and oxygen atoms in total. The number of thiophene rings is 1. The maximum atomic E-state index is 12.3.